The van der Waals surface area contributed by atoms with Crippen molar-refractivity contribution in [1.82, 2.24) is 0 Å². The molecule has 0 spiro atoms. The average molecular weight is 275 g/mol. The zero-order valence-electron chi connectivity index (χ0n) is 13.0. The second-order valence-corrected chi connectivity index (χ2v) is 6.03. The second kappa shape index (κ2) is 7.80. The van der Waals surface area contributed by atoms with Crippen LogP contribution in [0.25, 0.3) is 0 Å². The minimum absolute atomic E-state index is 0.000314. The molecule has 0 amide bonds. The summed E-state index contributed by atoms with van der Waals surface area (Å²) in [7, 11) is 0. The van der Waals surface area contributed by atoms with Gasteiger partial charge in [0.05, 0.1) is 18.8 Å². The Labute approximate surface area is 123 Å². The van der Waals surface area contributed by atoms with Crippen LogP contribution < -0.4 is 5.73 Å². The Morgan fingerprint density at radius 3 is 2.50 bits per heavy atom. The first-order chi connectivity index (χ1) is 9.74. The Morgan fingerprint density at radius 1 is 1.15 bits per heavy atom. The molecule has 0 saturated heterocycles. The summed E-state index contributed by atoms with van der Waals surface area (Å²) in [4.78, 5) is 0. The van der Waals surface area contributed by atoms with Crippen molar-refractivity contribution in [3.63, 3.8) is 0 Å². The number of benzene rings is 1. The minimum atomic E-state index is 0.000314. The van der Waals surface area contributed by atoms with E-state index in [1.807, 2.05) is 0 Å². The molecular weight excluding hydrogens is 246 g/mol. The van der Waals surface area contributed by atoms with Crippen molar-refractivity contribution >= 4 is 0 Å². The van der Waals surface area contributed by atoms with Gasteiger partial charge in [0.15, 0.2) is 0 Å². The highest BCUT2D eigenvalue weighted by atomic mass is 16.5. The van der Waals surface area contributed by atoms with E-state index in [1.54, 1.807) is 0 Å². The van der Waals surface area contributed by atoms with Crippen molar-refractivity contribution in [1.29, 1.82) is 0 Å². The number of hydrogen-bond donors (Lipinski definition) is 1. The summed E-state index contributed by atoms with van der Waals surface area (Å²) in [6, 6.07) is 8.63. The first-order valence-electron chi connectivity index (χ1n) is 8.20. The Kier molecular flexibility index (Phi) is 6.06. The number of nitrogens with two attached hydrogens (primary N) is 1. The molecule has 20 heavy (non-hydrogen) atoms. The monoisotopic (exact) mass is 275 g/mol. The fraction of sp³-hybridized carbons (Fsp3) is 0.667. The van der Waals surface area contributed by atoms with E-state index in [1.165, 1.54) is 43.2 Å². The summed E-state index contributed by atoms with van der Waals surface area (Å²) in [6.45, 7) is 5.09. The quantitative estimate of drug-likeness (QED) is 0.843. The molecule has 1 fully saturated rings. The minimum Gasteiger partial charge on any atom is -0.376 e. The Bertz CT molecular complexity index is 387. The third-order valence-electron chi connectivity index (χ3n) is 4.67. The molecule has 2 nitrogen and oxygen atoms in total. The maximum atomic E-state index is 6.27. The van der Waals surface area contributed by atoms with Crippen LogP contribution in [0.3, 0.4) is 0 Å². The largest absolute Gasteiger partial charge is 0.376 e. The van der Waals surface area contributed by atoms with Crippen molar-refractivity contribution in [3.05, 3.63) is 35.4 Å². The zero-order valence-corrected chi connectivity index (χ0v) is 13.0. The van der Waals surface area contributed by atoms with E-state index in [9.17, 15) is 0 Å². The standard InChI is InChI=1S/C18H29NO/c1-3-14-9-11-16(12-10-14)17(19)13-20-18-8-6-5-7-15(18)4-2/h9-12,15,17-18H,3-8,13,19H2,1-2H3. The van der Waals surface area contributed by atoms with Crippen molar-refractivity contribution < 1.29 is 4.74 Å². The molecule has 3 atom stereocenters. The number of ether oxygens (including phenoxy) is 1. The first-order valence-corrected chi connectivity index (χ1v) is 8.20. The molecule has 1 aliphatic rings. The summed E-state index contributed by atoms with van der Waals surface area (Å²) in [5, 5.41) is 0. The lowest BCUT2D eigenvalue weighted by Gasteiger charge is -2.31. The van der Waals surface area contributed by atoms with Gasteiger partial charge < -0.3 is 10.5 Å². The SMILES string of the molecule is CCc1ccc(C(N)COC2CCCCC2CC)cc1. The van der Waals surface area contributed by atoms with Crippen molar-refractivity contribution in [2.24, 2.45) is 11.7 Å². The number of rotatable bonds is 6. The maximum absolute atomic E-state index is 6.27. The molecule has 3 unspecified atom stereocenters. The van der Waals surface area contributed by atoms with Crippen LogP contribution in [0.2, 0.25) is 0 Å². The molecule has 2 rings (SSSR count). The van der Waals surface area contributed by atoms with Gasteiger partial charge in [-0.3, -0.25) is 0 Å². The predicted octanol–water partition coefficient (Wildman–Crippen LogP) is 4.23. The van der Waals surface area contributed by atoms with Crippen molar-refractivity contribution in [2.45, 2.75) is 64.5 Å². The van der Waals surface area contributed by atoms with Gasteiger partial charge in [0, 0.05) is 0 Å². The second-order valence-electron chi connectivity index (χ2n) is 6.03. The lowest BCUT2D eigenvalue weighted by Crippen LogP contribution is -2.30. The highest BCUT2D eigenvalue weighted by Crippen LogP contribution is 2.29. The molecule has 1 aromatic carbocycles. The normalized spacial score (nSPS) is 24.6. The molecule has 0 aromatic heterocycles. The van der Waals surface area contributed by atoms with Gasteiger partial charge in [0.2, 0.25) is 0 Å². The zero-order chi connectivity index (χ0) is 14.4. The molecule has 112 valence electrons. The lowest BCUT2D eigenvalue weighted by molar-refractivity contribution is -0.0180. The van der Waals surface area contributed by atoms with Gasteiger partial charge in [0.25, 0.3) is 0 Å². The fourth-order valence-electron chi connectivity index (χ4n) is 3.18. The van der Waals surface area contributed by atoms with Gasteiger partial charge in [-0.1, -0.05) is 57.4 Å². The lowest BCUT2D eigenvalue weighted by atomic mass is 9.85. The van der Waals surface area contributed by atoms with Gasteiger partial charge in [0.1, 0.15) is 0 Å². The molecule has 1 aromatic rings. The smallest absolute Gasteiger partial charge is 0.0663 e. The van der Waals surface area contributed by atoms with E-state index in [4.69, 9.17) is 10.5 Å². The average Bonchev–Trinajstić information content (AvgIpc) is 2.53. The van der Waals surface area contributed by atoms with Gasteiger partial charge >= 0.3 is 0 Å². The molecular formula is C18H29NO. The van der Waals surface area contributed by atoms with Gasteiger partial charge in [-0.15, -0.1) is 0 Å². The van der Waals surface area contributed by atoms with Crippen LogP contribution in [-0.4, -0.2) is 12.7 Å². The summed E-state index contributed by atoms with van der Waals surface area (Å²) >= 11 is 0. The Morgan fingerprint density at radius 2 is 1.85 bits per heavy atom. The molecule has 0 aliphatic heterocycles. The van der Waals surface area contributed by atoms with Gasteiger partial charge in [-0.2, -0.15) is 0 Å². The third kappa shape index (κ3) is 4.07. The molecule has 2 heteroatoms. The summed E-state index contributed by atoms with van der Waals surface area (Å²) in [5.41, 5.74) is 8.81. The molecule has 0 bridgehead atoms. The predicted molar refractivity (Wildman–Crippen MR) is 84.7 cm³/mol. The van der Waals surface area contributed by atoms with Crippen LogP contribution in [-0.2, 0) is 11.2 Å². The van der Waals surface area contributed by atoms with Crippen molar-refractivity contribution in [2.75, 3.05) is 6.61 Å². The van der Waals surface area contributed by atoms with Gasteiger partial charge in [-0.25, -0.2) is 0 Å². The fourth-order valence-corrected chi connectivity index (χ4v) is 3.18. The summed E-state index contributed by atoms with van der Waals surface area (Å²) in [5.74, 6) is 0.735. The van der Waals surface area contributed by atoms with Gasteiger partial charge in [-0.05, 0) is 36.3 Å². The van der Waals surface area contributed by atoms with E-state index in [2.05, 4.69) is 38.1 Å². The summed E-state index contributed by atoms with van der Waals surface area (Å²) < 4.78 is 6.13. The Hall–Kier alpha value is -0.860. The topological polar surface area (TPSA) is 35.2 Å². The van der Waals surface area contributed by atoms with E-state index >= 15 is 0 Å². The van der Waals surface area contributed by atoms with Crippen LogP contribution >= 0.6 is 0 Å². The van der Waals surface area contributed by atoms with E-state index in [0.29, 0.717) is 12.7 Å². The van der Waals surface area contributed by atoms with Crippen LogP contribution in [0.4, 0.5) is 0 Å². The Balaban J connectivity index is 1.85. The third-order valence-corrected chi connectivity index (χ3v) is 4.67. The molecule has 0 radical (unpaired) electrons. The van der Waals surface area contributed by atoms with Crippen molar-refractivity contribution in [3.8, 4) is 0 Å². The van der Waals surface area contributed by atoms with Crippen LogP contribution in [0.1, 0.15) is 63.1 Å². The highest BCUT2D eigenvalue weighted by Gasteiger charge is 2.24. The number of aryl methyl sites for hydroxylation is 1. The molecule has 1 saturated carbocycles. The maximum Gasteiger partial charge on any atom is 0.0663 e. The van der Waals surface area contributed by atoms with E-state index < -0.39 is 0 Å². The van der Waals surface area contributed by atoms with E-state index in [0.717, 1.165) is 12.3 Å². The van der Waals surface area contributed by atoms with Crippen LogP contribution in [0.5, 0.6) is 0 Å². The van der Waals surface area contributed by atoms with Crippen LogP contribution in [0, 0.1) is 5.92 Å². The summed E-state index contributed by atoms with van der Waals surface area (Å²) in [6.07, 6.45) is 7.93. The first kappa shape index (κ1) is 15.5. The van der Waals surface area contributed by atoms with Crippen LogP contribution in [0.15, 0.2) is 24.3 Å². The van der Waals surface area contributed by atoms with E-state index in [-0.39, 0.29) is 6.04 Å². The molecule has 0 heterocycles. The highest BCUT2D eigenvalue weighted by molar-refractivity contribution is 5.24. The molecule has 2 N–H and O–H groups in total. The number of hydrogen-bond acceptors (Lipinski definition) is 2. The molecule has 1 aliphatic carbocycles.